The average Bonchev–Trinajstić information content (AvgIpc) is 2.71. The number of hydrogen-bond acceptors (Lipinski definition) is 4. The second-order valence-electron chi connectivity index (χ2n) is 3.15. The highest BCUT2D eigenvalue weighted by Gasteiger charge is 2.13. The lowest BCUT2D eigenvalue weighted by Crippen LogP contribution is -2.16. The number of nitrogens with two attached hydrogens (primary N) is 1. The Kier molecular flexibility index (Phi) is 3.03. The van der Waals surface area contributed by atoms with Gasteiger partial charge in [0.05, 0.1) is 17.2 Å². The van der Waals surface area contributed by atoms with Gasteiger partial charge in [0.25, 0.3) is 0 Å². The summed E-state index contributed by atoms with van der Waals surface area (Å²) in [5.74, 6) is -0.352. The number of rotatable bonds is 3. The standard InChI is InChI=1S/C10H10FN3S/c11-8-2-1-3-14-10(8)9(12)4-7-5-13-6-15-7/h1-3,5-6,9H,4,12H2. The van der Waals surface area contributed by atoms with Gasteiger partial charge < -0.3 is 5.73 Å². The van der Waals surface area contributed by atoms with Crippen LogP contribution in [0.3, 0.4) is 0 Å². The number of aromatic nitrogens is 2. The van der Waals surface area contributed by atoms with Crippen molar-refractivity contribution in [2.45, 2.75) is 12.5 Å². The zero-order chi connectivity index (χ0) is 10.7. The number of pyridine rings is 1. The number of thiazole rings is 1. The third-order valence-electron chi connectivity index (χ3n) is 2.04. The van der Waals surface area contributed by atoms with E-state index >= 15 is 0 Å². The van der Waals surface area contributed by atoms with Crippen molar-refractivity contribution < 1.29 is 4.39 Å². The molecule has 0 spiro atoms. The lowest BCUT2D eigenvalue weighted by molar-refractivity contribution is 0.565. The van der Waals surface area contributed by atoms with Gasteiger partial charge in [0.2, 0.25) is 0 Å². The van der Waals surface area contributed by atoms with Crippen molar-refractivity contribution in [1.82, 2.24) is 9.97 Å². The molecule has 78 valence electrons. The minimum absolute atomic E-state index is 0.311. The molecule has 2 N–H and O–H groups in total. The van der Waals surface area contributed by atoms with Crippen molar-refractivity contribution in [3.8, 4) is 0 Å². The maximum Gasteiger partial charge on any atom is 0.146 e. The Morgan fingerprint density at radius 2 is 2.40 bits per heavy atom. The van der Waals surface area contributed by atoms with Crippen LogP contribution in [0.25, 0.3) is 0 Å². The predicted molar refractivity (Wildman–Crippen MR) is 56.9 cm³/mol. The summed E-state index contributed by atoms with van der Waals surface area (Å²) in [6, 6.07) is 2.51. The molecule has 0 aromatic carbocycles. The Morgan fingerprint density at radius 1 is 1.53 bits per heavy atom. The monoisotopic (exact) mass is 223 g/mol. The Morgan fingerprint density at radius 3 is 3.07 bits per heavy atom. The van der Waals surface area contributed by atoms with Gasteiger partial charge >= 0.3 is 0 Å². The molecule has 0 aliphatic rings. The molecule has 0 fully saturated rings. The molecule has 0 aliphatic carbocycles. The van der Waals surface area contributed by atoms with Crippen LogP contribution in [0.5, 0.6) is 0 Å². The maximum atomic E-state index is 13.3. The first kappa shape index (κ1) is 10.2. The number of nitrogens with zero attached hydrogens (tertiary/aromatic N) is 2. The SMILES string of the molecule is NC(Cc1cncs1)c1ncccc1F. The van der Waals surface area contributed by atoms with Crippen LogP contribution >= 0.6 is 11.3 Å². The third kappa shape index (κ3) is 2.37. The van der Waals surface area contributed by atoms with Gasteiger partial charge in [-0.2, -0.15) is 0 Å². The van der Waals surface area contributed by atoms with Gasteiger partial charge in [-0.05, 0) is 12.1 Å². The highest BCUT2D eigenvalue weighted by Crippen LogP contribution is 2.18. The van der Waals surface area contributed by atoms with E-state index in [1.807, 2.05) is 0 Å². The van der Waals surface area contributed by atoms with E-state index in [0.29, 0.717) is 12.1 Å². The Balaban J connectivity index is 2.15. The van der Waals surface area contributed by atoms with Crippen LogP contribution in [0.2, 0.25) is 0 Å². The lowest BCUT2D eigenvalue weighted by atomic mass is 10.1. The first-order chi connectivity index (χ1) is 7.27. The van der Waals surface area contributed by atoms with Crippen LogP contribution in [-0.2, 0) is 6.42 Å². The summed E-state index contributed by atoms with van der Waals surface area (Å²) in [5, 5.41) is 0. The maximum absolute atomic E-state index is 13.3. The van der Waals surface area contributed by atoms with Crippen molar-refractivity contribution in [2.75, 3.05) is 0 Å². The minimum atomic E-state index is -0.411. The molecule has 0 amide bonds. The zero-order valence-electron chi connectivity index (χ0n) is 7.93. The number of hydrogen-bond donors (Lipinski definition) is 1. The fourth-order valence-electron chi connectivity index (χ4n) is 1.33. The van der Waals surface area contributed by atoms with Crippen LogP contribution in [0, 0.1) is 5.82 Å². The molecule has 0 radical (unpaired) electrons. The Bertz CT molecular complexity index is 430. The van der Waals surface area contributed by atoms with Gasteiger partial charge in [0.1, 0.15) is 5.82 Å². The average molecular weight is 223 g/mol. The summed E-state index contributed by atoms with van der Waals surface area (Å²) in [6.45, 7) is 0. The van der Waals surface area contributed by atoms with E-state index in [0.717, 1.165) is 4.88 Å². The van der Waals surface area contributed by atoms with Crippen LogP contribution in [0.1, 0.15) is 16.6 Å². The van der Waals surface area contributed by atoms with Crippen LogP contribution in [0.4, 0.5) is 4.39 Å². The fourth-order valence-corrected chi connectivity index (χ4v) is 1.98. The fraction of sp³-hybridized carbons (Fsp3) is 0.200. The molecule has 0 saturated heterocycles. The van der Waals surface area contributed by atoms with E-state index in [9.17, 15) is 4.39 Å². The second kappa shape index (κ2) is 4.46. The summed E-state index contributed by atoms with van der Waals surface area (Å²) in [7, 11) is 0. The van der Waals surface area contributed by atoms with Gasteiger partial charge in [-0.25, -0.2) is 4.39 Å². The highest BCUT2D eigenvalue weighted by atomic mass is 32.1. The van der Waals surface area contributed by atoms with Gasteiger partial charge in [-0.3, -0.25) is 9.97 Å². The smallest absolute Gasteiger partial charge is 0.146 e. The quantitative estimate of drug-likeness (QED) is 0.864. The van der Waals surface area contributed by atoms with Crippen molar-refractivity contribution >= 4 is 11.3 Å². The minimum Gasteiger partial charge on any atom is -0.322 e. The molecule has 2 aromatic rings. The third-order valence-corrected chi connectivity index (χ3v) is 2.84. The van der Waals surface area contributed by atoms with Crippen molar-refractivity contribution in [3.05, 3.63) is 46.4 Å². The van der Waals surface area contributed by atoms with E-state index in [4.69, 9.17) is 5.73 Å². The molecule has 1 unspecified atom stereocenters. The van der Waals surface area contributed by atoms with Crippen LogP contribution < -0.4 is 5.73 Å². The van der Waals surface area contributed by atoms with Gasteiger partial charge in [0, 0.05) is 23.7 Å². The molecule has 1 atom stereocenters. The molecule has 2 heterocycles. The summed E-state index contributed by atoms with van der Waals surface area (Å²) >= 11 is 1.51. The summed E-state index contributed by atoms with van der Waals surface area (Å²) < 4.78 is 13.3. The van der Waals surface area contributed by atoms with Gasteiger partial charge in [-0.1, -0.05) is 0 Å². The Hall–Kier alpha value is -1.33. The van der Waals surface area contributed by atoms with Crippen molar-refractivity contribution in [1.29, 1.82) is 0 Å². The molecular formula is C10H10FN3S. The molecule has 0 saturated carbocycles. The topological polar surface area (TPSA) is 51.8 Å². The number of halogens is 1. The highest BCUT2D eigenvalue weighted by molar-refractivity contribution is 7.09. The van der Waals surface area contributed by atoms with E-state index in [1.165, 1.54) is 17.4 Å². The summed E-state index contributed by atoms with van der Waals surface area (Å²) in [4.78, 5) is 8.92. The van der Waals surface area contributed by atoms with Crippen molar-refractivity contribution in [2.24, 2.45) is 5.73 Å². The lowest BCUT2D eigenvalue weighted by Gasteiger charge is -2.09. The van der Waals surface area contributed by atoms with Crippen LogP contribution in [-0.4, -0.2) is 9.97 Å². The second-order valence-corrected chi connectivity index (χ2v) is 4.12. The summed E-state index contributed by atoms with van der Waals surface area (Å²) in [6.07, 6.45) is 3.86. The molecule has 3 nitrogen and oxygen atoms in total. The predicted octanol–water partition coefficient (Wildman–Crippen LogP) is 1.92. The molecule has 5 heteroatoms. The van der Waals surface area contributed by atoms with E-state index in [-0.39, 0.29) is 5.82 Å². The molecule has 15 heavy (non-hydrogen) atoms. The molecule has 0 bridgehead atoms. The Labute approximate surface area is 90.8 Å². The van der Waals surface area contributed by atoms with E-state index in [1.54, 1.807) is 24.0 Å². The van der Waals surface area contributed by atoms with Gasteiger partial charge in [-0.15, -0.1) is 11.3 Å². The molecule has 2 rings (SSSR count). The normalized spacial score (nSPS) is 12.7. The van der Waals surface area contributed by atoms with Crippen LogP contribution in [0.15, 0.2) is 30.0 Å². The molecule has 2 aromatic heterocycles. The zero-order valence-corrected chi connectivity index (χ0v) is 8.75. The largest absolute Gasteiger partial charge is 0.322 e. The molecule has 0 aliphatic heterocycles. The first-order valence-electron chi connectivity index (χ1n) is 4.50. The van der Waals surface area contributed by atoms with E-state index in [2.05, 4.69) is 9.97 Å². The van der Waals surface area contributed by atoms with E-state index < -0.39 is 6.04 Å². The summed E-state index contributed by atoms with van der Waals surface area (Å²) in [5.41, 5.74) is 7.91. The van der Waals surface area contributed by atoms with Gasteiger partial charge in [0.15, 0.2) is 0 Å². The first-order valence-corrected chi connectivity index (χ1v) is 5.38. The van der Waals surface area contributed by atoms with Crippen molar-refractivity contribution in [3.63, 3.8) is 0 Å². The molecular weight excluding hydrogens is 213 g/mol.